The maximum atomic E-state index is 13.0. The first-order valence-corrected chi connectivity index (χ1v) is 11.2. The maximum Gasteiger partial charge on any atom is 0.416 e. The Morgan fingerprint density at radius 1 is 1.06 bits per heavy atom. The lowest BCUT2D eigenvalue weighted by atomic mass is 10.1. The molecular weight excluding hydrogens is 461 g/mol. The van der Waals surface area contributed by atoms with E-state index in [1.54, 1.807) is 11.0 Å². The number of fused-ring (bicyclic) bond motifs is 1. The van der Waals surface area contributed by atoms with Gasteiger partial charge in [-0.05, 0) is 44.2 Å². The number of piperazine rings is 1. The second kappa shape index (κ2) is 8.84. The number of furan rings is 1. The Bertz CT molecular complexity index is 1370. The van der Waals surface area contributed by atoms with Gasteiger partial charge in [-0.1, -0.05) is 28.9 Å². The number of carbonyl (C=O) groups excluding carboxylic acids is 1. The predicted molar refractivity (Wildman–Crippen MR) is 122 cm³/mol. The van der Waals surface area contributed by atoms with Crippen LogP contribution in [0.1, 0.15) is 40.5 Å². The van der Waals surface area contributed by atoms with Crippen molar-refractivity contribution in [2.24, 2.45) is 0 Å². The Morgan fingerprint density at radius 3 is 2.57 bits per heavy atom. The highest BCUT2D eigenvalue weighted by molar-refractivity contribution is 5.96. The fourth-order valence-corrected chi connectivity index (χ4v) is 4.25. The molecule has 1 atom stereocenters. The number of hydrogen-bond donors (Lipinski definition) is 0. The number of carbonyl (C=O) groups is 1. The van der Waals surface area contributed by atoms with Crippen molar-refractivity contribution in [2.75, 3.05) is 26.2 Å². The highest BCUT2D eigenvalue weighted by Crippen LogP contribution is 2.32. The molecule has 0 bridgehead atoms. The summed E-state index contributed by atoms with van der Waals surface area (Å²) in [7, 11) is 0. The maximum absolute atomic E-state index is 13.0. The quantitative estimate of drug-likeness (QED) is 0.390. The molecule has 2 aromatic carbocycles. The molecule has 35 heavy (non-hydrogen) atoms. The van der Waals surface area contributed by atoms with Gasteiger partial charge in [0, 0.05) is 37.1 Å². The van der Waals surface area contributed by atoms with Crippen molar-refractivity contribution in [3.8, 4) is 11.4 Å². The molecule has 4 aromatic rings. The molecule has 7 nitrogen and oxygen atoms in total. The number of amides is 1. The van der Waals surface area contributed by atoms with Crippen LogP contribution in [-0.2, 0) is 6.18 Å². The van der Waals surface area contributed by atoms with Gasteiger partial charge >= 0.3 is 6.18 Å². The zero-order valence-corrected chi connectivity index (χ0v) is 19.2. The third-order valence-corrected chi connectivity index (χ3v) is 6.28. The molecule has 0 radical (unpaired) electrons. The van der Waals surface area contributed by atoms with Crippen LogP contribution in [0.3, 0.4) is 0 Å². The first-order chi connectivity index (χ1) is 16.7. The van der Waals surface area contributed by atoms with Gasteiger partial charge in [0.2, 0.25) is 11.7 Å². The van der Waals surface area contributed by atoms with Gasteiger partial charge in [0.05, 0.1) is 11.6 Å². The van der Waals surface area contributed by atoms with Crippen molar-refractivity contribution in [3.05, 3.63) is 71.3 Å². The number of rotatable bonds is 4. The largest absolute Gasteiger partial charge is 0.451 e. The summed E-state index contributed by atoms with van der Waals surface area (Å²) in [4.78, 5) is 21.1. The van der Waals surface area contributed by atoms with Gasteiger partial charge in [0.1, 0.15) is 5.58 Å². The number of hydrogen-bond acceptors (Lipinski definition) is 6. The van der Waals surface area contributed by atoms with Crippen molar-refractivity contribution < 1.29 is 26.9 Å². The van der Waals surface area contributed by atoms with Crippen molar-refractivity contribution in [3.63, 3.8) is 0 Å². The SMILES string of the molecule is Cc1ccc2oc(C(=O)N3CCN(C(C)c4nc(-c5cccc(C(F)(F)F)c5)no4)CC3)cc2c1. The molecular formula is C25H23F3N4O3. The van der Waals surface area contributed by atoms with Gasteiger partial charge in [-0.25, -0.2) is 0 Å². The van der Waals surface area contributed by atoms with Crippen LogP contribution in [0.25, 0.3) is 22.4 Å². The van der Waals surface area contributed by atoms with Gasteiger partial charge in [-0.2, -0.15) is 18.2 Å². The van der Waals surface area contributed by atoms with Gasteiger partial charge in [0.15, 0.2) is 5.76 Å². The number of aryl methyl sites for hydroxylation is 1. The summed E-state index contributed by atoms with van der Waals surface area (Å²) >= 11 is 0. The lowest BCUT2D eigenvalue weighted by Crippen LogP contribution is -2.49. The predicted octanol–water partition coefficient (Wildman–Crippen LogP) is 5.33. The summed E-state index contributed by atoms with van der Waals surface area (Å²) in [6.07, 6.45) is -4.45. The molecule has 0 aliphatic carbocycles. The number of halogens is 3. The van der Waals surface area contributed by atoms with Crippen LogP contribution < -0.4 is 0 Å². The van der Waals surface area contributed by atoms with Crippen molar-refractivity contribution in [1.29, 1.82) is 0 Å². The Balaban J connectivity index is 1.24. The minimum absolute atomic E-state index is 0.104. The minimum Gasteiger partial charge on any atom is -0.451 e. The first kappa shape index (κ1) is 23.1. The Labute approximate surface area is 199 Å². The summed E-state index contributed by atoms with van der Waals surface area (Å²) in [5.74, 6) is 0.572. The standard InChI is InChI=1S/C25H23F3N4O3/c1-15-6-7-20-18(12-15)14-21(34-20)24(33)32-10-8-31(9-11-32)16(2)23-29-22(30-35-23)17-4-3-5-19(13-17)25(26,27)28/h3-7,12-14,16H,8-11H2,1-2H3. The van der Waals surface area contributed by atoms with Crippen molar-refractivity contribution in [2.45, 2.75) is 26.1 Å². The molecule has 5 rings (SSSR count). The average Bonchev–Trinajstić information content (AvgIpc) is 3.50. The lowest BCUT2D eigenvalue weighted by molar-refractivity contribution is -0.137. The smallest absolute Gasteiger partial charge is 0.416 e. The van der Waals surface area contributed by atoms with Crippen molar-refractivity contribution >= 4 is 16.9 Å². The molecule has 1 saturated heterocycles. The zero-order valence-electron chi connectivity index (χ0n) is 19.2. The summed E-state index contributed by atoms with van der Waals surface area (Å²) in [6, 6.07) is 12.1. The topological polar surface area (TPSA) is 75.6 Å². The molecule has 10 heteroatoms. The fraction of sp³-hybridized carbons (Fsp3) is 0.320. The van der Waals surface area contributed by atoms with E-state index in [-0.39, 0.29) is 23.3 Å². The normalized spacial score (nSPS) is 16.1. The number of benzene rings is 2. The van der Waals surface area contributed by atoms with Gasteiger partial charge in [-0.3, -0.25) is 9.69 Å². The van der Waals surface area contributed by atoms with E-state index in [9.17, 15) is 18.0 Å². The number of aromatic nitrogens is 2. The van der Waals surface area contributed by atoms with E-state index in [2.05, 4.69) is 15.0 Å². The number of nitrogens with zero attached hydrogens (tertiary/aromatic N) is 4. The summed E-state index contributed by atoms with van der Waals surface area (Å²) in [5.41, 5.74) is 1.24. The molecule has 1 fully saturated rings. The van der Waals surface area contributed by atoms with Crippen molar-refractivity contribution in [1.82, 2.24) is 19.9 Å². The van der Waals surface area contributed by atoms with E-state index in [1.165, 1.54) is 12.1 Å². The van der Waals surface area contributed by atoms with E-state index >= 15 is 0 Å². The second-order valence-electron chi connectivity index (χ2n) is 8.69. The molecule has 3 heterocycles. The van der Waals surface area contributed by atoms with E-state index in [0.717, 1.165) is 23.1 Å². The van der Waals surface area contributed by atoms with Crippen LogP contribution >= 0.6 is 0 Å². The van der Waals surface area contributed by atoms with Crippen LogP contribution in [0.4, 0.5) is 13.2 Å². The third-order valence-electron chi connectivity index (χ3n) is 6.28. The third kappa shape index (κ3) is 4.66. The molecule has 1 aliphatic heterocycles. The minimum atomic E-state index is -4.45. The van der Waals surface area contributed by atoms with Crippen LogP contribution in [0, 0.1) is 6.92 Å². The molecule has 0 spiro atoms. The highest BCUT2D eigenvalue weighted by Gasteiger charge is 2.32. The average molecular weight is 484 g/mol. The van der Waals surface area contributed by atoms with E-state index in [0.29, 0.717) is 43.4 Å². The summed E-state index contributed by atoms with van der Waals surface area (Å²) in [6.45, 7) is 6.02. The van der Waals surface area contributed by atoms with Crippen LogP contribution in [0.15, 0.2) is 57.5 Å². The van der Waals surface area contributed by atoms with E-state index in [4.69, 9.17) is 8.94 Å². The molecule has 1 aliphatic rings. The molecule has 0 N–H and O–H groups in total. The molecule has 1 unspecified atom stereocenters. The molecule has 182 valence electrons. The summed E-state index contributed by atoms with van der Waals surface area (Å²) < 4.78 is 50.2. The van der Waals surface area contributed by atoms with Gasteiger partial charge in [-0.15, -0.1) is 0 Å². The Morgan fingerprint density at radius 2 is 1.83 bits per heavy atom. The van der Waals surface area contributed by atoms with Crippen LogP contribution in [0.5, 0.6) is 0 Å². The molecule has 2 aromatic heterocycles. The van der Waals surface area contributed by atoms with Gasteiger partial charge in [0.25, 0.3) is 5.91 Å². The van der Waals surface area contributed by atoms with Crippen LogP contribution in [-0.4, -0.2) is 52.0 Å². The molecule has 0 saturated carbocycles. The van der Waals surface area contributed by atoms with Crippen LogP contribution in [0.2, 0.25) is 0 Å². The zero-order chi connectivity index (χ0) is 24.7. The summed E-state index contributed by atoms with van der Waals surface area (Å²) in [5, 5.41) is 4.78. The fourth-order valence-electron chi connectivity index (χ4n) is 4.25. The van der Waals surface area contributed by atoms with Gasteiger partial charge < -0.3 is 13.8 Å². The monoisotopic (exact) mass is 484 g/mol. The second-order valence-corrected chi connectivity index (χ2v) is 8.69. The molecule has 1 amide bonds. The highest BCUT2D eigenvalue weighted by atomic mass is 19.4. The Hall–Kier alpha value is -3.66. The lowest BCUT2D eigenvalue weighted by Gasteiger charge is -2.36. The van der Waals surface area contributed by atoms with E-state index < -0.39 is 11.7 Å². The first-order valence-electron chi connectivity index (χ1n) is 11.2. The Kier molecular flexibility index (Phi) is 5.84. The van der Waals surface area contributed by atoms with E-state index in [1.807, 2.05) is 32.0 Å². The number of alkyl halides is 3.